The van der Waals surface area contributed by atoms with Crippen LogP contribution in [0.3, 0.4) is 0 Å². The Balaban J connectivity index is 1.76. The minimum atomic E-state index is -0.626. The number of halogens is 2. The molecule has 0 atom stereocenters. The molecule has 6 nitrogen and oxygen atoms in total. The zero-order valence-electron chi connectivity index (χ0n) is 14.4. The van der Waals surface area contributed by atoms with Gasteiger partial charge in [-0.05, 0) is 36.4 Å². The third kappa shape index (κ3) is 3.27. The van der Waals surface area contributed by atoms with Crippen LogP contribution in [0, 0.1) is 5.82 Å². The fourth-order valence-electron chi connectivity index (χ4n) is 2.81. The molecule has 0 fully saturated rings. The summed E-state index contributed by atoms with van der Waals surface area (Å²) in [4.78, 5) is 31.9. The Morgan fingerprint density at radius 1 is 1.11 bits per heavy atom. The molecule has 0 bridgehead atoms. The van der Waals surface area contributed by atoms with E-state index in [1.165, 1.54) is 30.5 Å². The van der Waals surface area contributed by atoms with Crippen LogP contribution in [-0.4, -0.2) is 14.5 Å². The fraction of sp³-hybridized carbons (Fsp3) is 0.0500. The Hall–Kier alpha value is -3.45. The highest BCUT2D eigenvalue weighted by atomic mass is 35.5. The van der Waals surface area contributed by atoms with E-state index in [2.05, 4.69) is 9.97 Å². The Morgan fingerprint density at radius 3 is 2.75 bits per heavy atom. The molecular weight excluding hydrogens is 385 g/mol. The molecule has 8 heteroatoms. The number of rotatable bonds is 4. The summed E-state index contributed by atoms with van der Waals surface area (Å²) in [5.41, 5.74) is -0.395. The number of aromatic amines is 1. The van der Waals surface area contributed by atoms with Crippen LogP contribution in [-0.2, 0) is 6.61 Å². The second-order valence-corrected chi connectivity index (χ2v) is 6.36. The van der Waals surface area contributed by atoms with Crippen LogP contribution >= 0.6 is 11.6 Å². The van der Waals surface area contributed by atoms with Gasteiger partial charge in [-0.3, -0.25) is 9.78 Å². The van der Waals surface area contributed by atoms with Crippen molar-refractivity contribution >= 4 is 22.5 Å². The van der Waals surface area contributed by atoms with Gasteiger partial charge in [0.05, 0.1) is 21.6 Å². The number of H-pyrrole nitrogens is 1. The van der Waals surface area contributed by atoms with E-state index in [0.29, 0.717) is 16.7 Å². The van der Waals surface area contributed by atoms with E-state index in [1.807, 2.05) is 0 Å². The summed E-state index contributed by atoms with van der Waals surface area (Å²) in [5, 5.41) is 0.541. The number of para-hydroxylation sites is 1. The van der Waals surface area contributed by atoms with E-state index in [1.54, 1.807) is 30.3 Å². The summed E-state index contributed by atoms with van der Waals surface area (Å²) < 4.78 is 20.2. The summed E-state index contributed by atoms with van der Waals surface area (Å²) in [7, 11) is 0. The largest absolute Gasteiger partial charge is 0.487 e. The van der Waals surface area contributed by atoms with Crippen LogP contribution in [0.5, 0.6) is 5.75 Å². The molecule has 140 valence electrons. The van der Waals surface area contributed by atoms with E-state index in [0.717, 1.165) is 4.57 Å². The summed E-state index contributed by atoms with van der Waals surface area (Å²) in [6, 6.07) is 14.0. The van der Waals surface area contributed by atoms with Crippen molar-refractivity contribution in [3.05, 3.63) is 98.2 Å². The van der Waals surface area contributed by atoms with Gasteiger partial charge >= 0.3 is 5.69 Å². The Bertz CT molecular complexity index is 1300. The highest BCUT2D eigenvalue weighted by Crippen LogP contribution is 2.25. The van der Waals surface area contributed by atoms with Gasteiger partial charge in [-0.1, -0.05) is 23.7 Å². The first kappa shape index (κ1) is 17.9. The van der Waals surface area contributed by atoms with Crippen molar-refractivity contribution in [1.29, 1.82) is 0 Å². The molecule has 1 N–H and O–H groups in total. The number of aromatic nitrogens is 3. The van der Waals surface area contributed by atoms with Crippen LogP contribution < -0.4 is 16.0 Å². The molecule has 0 radical (unpaired) electrons. The average Bonchev–Trinajstić information content (AvgIpc) is 2.69. The lowest BCUT2D eigenvalue weighted by Gasteiger charge is -2.11. The average molecular weight is 398 g/mol. The highest BCUT2D eigenvalue weighted by Gasteiger charge is 2.14. The first-order chi connectivity index (χ1) is 13.5. The van der Waals surface area contributed by atoms with Gasteiger partial charge in [-0.2, -0.15) is 0 Å². The van der Waals surface area contributed by atoms with Gasteiger partial charge in [0, 0.05) is 12.3 Å². The van der Waals surface area contributed by atoms with Gasteiger partial charge in [0.1, 0.15) is 23.9 Å². The maximum atomic E-state index is 13.7. The van der Waals surface area contributed by atoms with E-state index in [9.17, 15) is 14.0 Å². The van der Waals surface area contributed by atoms with Crippen LogP contribution in [0.15, 0.2) is 70.4 Å². The van der Waals surface area contributed by atoms with Crippen molar-refractivity contribution < 1.29 is 9.13 Å². The van der Waals surface area contributed by atoms with Gasteiger partial charge in [0.2, 0.25) is 0 Å². The third-order valence-electron chi connectivity index (χ3n) is 4.17. The predicted octanol–water partition coefficient (Wildman–Crippen LogP) is 3.45. The Morgan fingerprint density at radius 2 is 1.93 bits per heavy atom. The summed E-state index contributed by atoms with van der Waals surface area (Å²) in [6.45, 7) is -0.114. The van der Waals surface area contributed by atoms with Crippen molar-refractivity contribution in [1.82, 2.24) is 14.5 Å². The first-order valence-corrected chi connectivity index (χ1v) is 8.68. The van der Waals surface area contributed by atoms with Crippen LogP contribution in [0.2, 0.25) is 5.02 Å². The summed E-state index contributed by atoms with van der Waals surface area (Å²) in [5.74, 6) is -0.178. The maximum absolute atomic E-state index is 13.7. The lowest BCUT2D eigenvalue weighted by atomic mass is 10.2. The predicted molar refractivity (Wildman–Crippen MR) is 104 cm³/mol. The first-order valence-electron chi connectivity index (χ1n) is 8.31. The topological polar surface area (TPSA) is 77.0 Å². The molecule has 0 saturated carbocycles. The molecule has 0 spiro atoms. The molecule has 0 amide bonds. The van der Waals surface area contributed by atoms with Gasteiger partial charge in [-0.15, -0.1) is 0 Å². The SMILES string of the molecule is O=c1[nH]c2ccccc2c(=O)n1-c1cc(OCc2ncccc2F)ccc1Cl. The maximum Gasteiger partial charge on any atom is 0.333 e. The number of nitrogens with one attached hydrogen (secondary N) is 1. The van der Waals surface area contributed by atoms with E-state index in [4.69, 9.17) is 16.3 Å². The Labute approximate surface area is 162 Å². The molecule has 2 aromatic carbocycles. The molecule has 2 heterocycles. The zero-order chi connectivity index (χ0) is 19.7. The second kappa shape index (κ2) is 7.28. The normalized spacial score (nSPS) is 10.9. The van der Waals surface area contributed by atoms with Crippen molar-refractivity contribution in [3.8, 4) is 11.4 Å². The minimum Gasteiger partial charge on any atom is -0.487 e. The van der Waals surface area contributed by atoms with Crippen LogP contribution in [0.25, 0.3) is 16.6 Å². The minimum absolute atomic E-state index is 0.114. The molecule has 4 rings (SSSR count). The molecule has 28 heavy (non-hydrogen) atoms. The van der Waals surface area contributed by atoms with Crippen molar-refractivity contribution in [2.24, 2.45) is 0 Å². The number of fused-ring (bicyclic) bond motifs is 1. The van der Waals surface area contributed by atoms with Crippen LogP contribution in [0.1, 0.15) is 5.69 Å². The van der Waals surface area contributed by atoms with Gasteiger partial charge in [0.15, 0.2) is 0 Å². The lowest BCUT2D eigenvalue weighted by molar-refractivity contribution is 0.294. The van der Waals surface area contributed by atoms with E-state index < -0.39 is 17.1 Å². The number of hydrogen-bond donors (Lipinski definition) is 1. The molecule has 4 aromatic rings. The highest BCUT2D eigenvalue weighted by molar-refractivity contribution is 6.32. The number of pyridine rings is 1. The molecule has 2 aromatic heterocycles. The number of benzene rings is 2. The molecule has 0 unspecified atom stereocenters. The third-order valence-corrected chi connectivity index (χ3v) is 4.49. The number of nitrogens with zero attached hydrogens (tertiary/aromatic N) is 2. The summed E-state index contributed by atoms with van der Waals surface area (Å²) in [6.07, 6.45) is 1.46. The molecule has 0 aliphatic rings. The molecular formula is C20H13ClFN3O3. The monoisotopic (exact) mass is 397 g/mol. The van der Waals surface area contributed by atoms with Crippen molar-refractivity contribution in [2.45, 2.75) is 6.61 Å². The van der Waals surface area contributed by atoms with Crippen molar-refractivity contribution in [3.63, 3.8) is 0 Å². The van der Waals surface area contributed by atoms with Gasteiger partial charge in [-0.25, -0.2) is 13.8 Å². The second-order valence-electron chi connectivity index (χ2n) is 5.95. The standard InChI is InChI=1S/C20H13ClFN3O3/c21-14-8-7-12(28-11-17-15(22)5-3-9-23-17)10-18(14)25-19(26)13-4-1-2-6-16(13)24-20(25)27/h1-10H,11H2,(H,24,27). The number of ether oxygens (including phenoxy) is 1. The van der Waals surface area contributed by atoms with Gasteiger partial charge in [0.25, 0.3) is 5.56 Å². The fourth-order valence-corrected chi connectivity index (χ4v) is 3.01. The molecule has 0 aliphatic heterocycles. The quantitative estimate of drug-likeness (QED) is 0.572. The smallest absolute Gasteiger partial charge is 0.333 e. The Kier molecular flexibility index (Phi) is 4.67. The zero-order valence-corrected chi connectivity index (χ0v) is 15.1. The molecule has 0 saturated heterocycles. The van der Waals surface area contributed by atoms with Crippen molar-refractivity contribution in [2.75, 3.05) is 0 Å². The van der Waals surface area contributed by atoms with E-state index in [-0.39, 0.29) is 23.0 Å². The van der Waals surface area contributed by atoms with Crippen LogP contribution in [0.4, 0.5) is 4.39 Å². The van der Waals surface area contributed by atoms with E-state index >= 15 is 0 Å². The molecule has 0 aliphatic carbocycles. The lowest BCUT2D eigenvalue weighted by Crippen LogP contribution is -2.33. The summed E-state index contributed by atoms with van der Waals surface area (Å²) >= 11 is 6.23. The van der Waals surface area contributed by atoms with Gasteiger partial charge < -0.3 is 9.72 Å². The number of hydrogen-bond acceptors (Lipinski definition) is 4.